The highest BCUT2D eigenvalue weighted by molar-refractivity contribution is 5.58. The van der Waals surface area contributed by atoms with Crippen molar-refractivity contribution in [1.29, 1.82) is 10.8 Å². The van der Waals surface area contributed by atoms with Crippen molar-refractivity contribution in [2.75, 3.05) is 5.32 Å². The number of isocyanates is 2. The third-order valence-electron chi connectivity index (χ3n) is 1.84. The van der Waals surface area contributed by atoms with Gasteiger partial charge in [-0.1, -0.05) is 36.4 Å². The molecule has 2 aromatic carbocycles. The van der Waals surface area contributed by atoms with E-state index in [1.54, 1.807) is 0 Å². The SMILES string of the molecule is N=C=O.N=C=O.c1ccc(Nc2ccccc2)cc1. The van der Waals surface area contributed by atoms with E-state index in [1.165, 1.54) is 0 Å². The monoisotopic (exact) mass is 255 g/mol. The molecule has 0 fully saturated rings. The fourth-order valence-electron chi connectivity index (χ4n) is 1.21. The van der Waals surface area contributed by atoms with Gasteiger partial charge in [0.15, 0.2) is 0 Å². The van der Waals surface area contributed by atoms with E-state index < -0.39 is 0 Å². The smallest absolute Gasteiger partial charge is 0.231 e. The van der Waals surface area contributed by atoms with Crippen LogP contribution in [0.15, 0.2) is 60.7 Å². The van der Waals surface area contributed by atoms with Crippen LogP contribution in [0.3, 0.4) is 0 Å². The van der Waals surface area contributed by atoms with Crippen LogP contribution >= 0.6 is 0 Å². The van der Waals surface area contributed by atoms with Crippen molar-refractivity contribution in [1.82, 2.24) is 0 Å². The lowest BCUT2D eigenvalue weighted by Crippen LogP contribution is -1.87. The number of hydrogen-bond donors (Lipinski definition) is 3. The summed E-state index contributed by atoms with van der Waals surface area (Å²) in [6.07, 6.45) is 1.50. The van der Waals surface area contributed by atoms with Crippen molar-refractivity contribution >= 4 is 23.5 Å². The van der Waals surface area contributed by atoms with E-state index in [2.05, 4.69) is 5.32 Å². The molecule has 5 nitrogen and oxygen atoms in total. The Labute approximate surface area is 110 Å². The second-order valence-electron chi connectivity index (χ2n) is 3.06. The number of anilines is 2. The first kappa shape index (κ1) is 16.0. The van der Waals surface area contributed by atoms with Crippen LogP contribution in [0.4, 0.5) is 11.4 Å². The molecule has 0 saturated carbocycles. The van der Waals surface area contributed by atoms with E-state index in [-0.39, 0.29) is 0 Å². The van der Waals surface area contributed by atoms with Crippen molar-refractivity contribution in [3.63, 3.8) is 0 Å². The second kappa shape index (κ2) is 11.5. The number of hydrogen-bond acceptors (Lipinski definition) is 5. The zero-order valence-electron chi connectivity index (χ0n) is 10.1. The maximum absolute atomic E-state index is 8.35. The minimum absolute atomic E-state index is 0.750. The topological polar surface area (TPSA) is 93.9 Å². The summed E-state index contributed by atoms with van der Waals surface area (Å²) in [5.74, 6) is 0. The van der Waals surface area contributed by atoms with Crippen molar-refractivity contribution in [2.24, 2.45) is 0 Å². The first-order chi connectivity index (χ1) is 9.28. The number of carbonyl (C=O) groups excluding carboxylic acids is 2. The highest BCUT2D eigenvalue weighted by Crippen LogP contribution is 2.14. The molecule has 0 atom stereocenters. The van der Waals surface area contributed by atoms with Gasteiger partial charge in [0.05, 0.1) is 0 Å². The highest BCUT2D eigenvalue weighted by atomic mass is 16.1. The lowest BCUT2D eigenvalue weighted by Gasteiger charge is -2.04. The highest BCUT2D eigenvalue weighted by Gasteiger charge is 1.89. The van der Waals surface area contributed by atoms with E-state index >= 15 is 0 Å². The van der Waals surface area contributed by atoms with Crippen LogP contribution in [0.5, 0.6) is 0 Å². The van der Waals surface area contributed by atoms with Crippen molar-refractivity contribution < 1.29 is 9.59 Å². The van der Waals surface area contributed by atoms with Crippen LogP contribution in [-0.2, 0) is 9.59 Å². The summed E-state index contributed by atoms with van der Waals surface area (Å²) in [6.45, 7) is 0. The molecule has 0 bridgehead atoms. The summed E-state index contributed by atoms with van der Waals surface area (Å²) in [4.78, 5) is 16.7. The van der Waals surface area contributed by atoms with Gasteiger partial charge in [0.2, 0.25) is 12.2 Å². The van der Waals surface area contributed by atoms with Crippen LogP contribution in [0.1, 0.15) is 0 Å². The third kappa shape index (κ3) is 8.77. The van der Waals surface area contributed by atoms with Gasteiger partial charge >= 0.3 is 0 Å². The lowest BCUT2D eigenvalue weighted by atomic mass is 10.3. The van der Waals surface area contributed by atoms with E-state index in [9.17, 15) is 0 Å². The van der Waals surface area contributed by atoms with Gasteiger partial charge in [0.25, 0.3) is 0 Å². The molecule has 0 aliphatic carbocycles. The average molecular weight is 255 g/mol. The molecule has 0 heterocycles. The summed E-state index contributed by atoms with van der Waals surface area (Å²) in [5.41, 5.74) is 2.24. The minimum atomic E-state index is 0.750. The van der Waals surface area contributed by atoms with Crippen LogP contribution in [0, 0.1) is 10.8 Å². The first-order valence-electron chi connectivity index (χ1n) is 5.23. The molecule has 0 amide bonds. The van der Waals surface area contributed by atoms with E-state index in [4.69, 9.17) is 20.4 Å². The number of nitrogens with one attached hydrogen (secondary N) is 3. The maximum Gasteiger partial charge on any atom is 0.231 e. The Kier molecular flexibility index (Phi) is 9.67. The zero-order chi connectivity index (χ0) is 14.3. The molecule has 2 aromatic rings. The van der Waals surface area contributed by atoms with E-state index in [0.717, 1.165) is 23.5 Å². The Hall–Kier alpha value is -3.00. The van der Waals surface area contributed by atoms with Crippen molar-refractivity contribution in [2.45, 2.75) is 0 Å². The van der Waals surface area contributed by atoms with Crippen molar-refractivity contribution in [3.05, 3.63) is 60.7 Å². The quantitative estimate of drug-likeness (QED) is 0.568. The third-order valence-corrected chi connectivity index (χ3v) is 1.84. The molecule has 0 radical (unpaired) electrons. The summed E-state index contributed by atoms with van der Waals surface area (Å²) in [6, 6.07) is 20.3. The first-order valence-corrected chi connectivity index (χ1v) is 5.23. The fraction of sp³-hybridized carbons (Fsp3) is 0. The maximum atomic E-state index is 8.35. The van der Waals surface area contributed by atoms with Crippen LogP contribution in [-0.4, -0.2) is 12.2 Å². The molecule has 96 valence electrons. The standard InChI is InChI=1S/C12H11N.2CHNO/c1-3-7-11(8-4-1)13-12-9-5-2-6-10-12;2*2-1-3/h1-10,13H;2*2H. The summed E-state index contributed by atoms with van der Waals surface area (Å²) < 4.78 is 0. The number of benzene rings is 2. The van der Waals surface area contributed by atoms with Gasteiger partial charge in [-0.3, -0.25) is 0 Å². The molecule has 19 heavy (non-hydrogen) atoms. The normalized spacial score (nSPS) is 7.37. The molecule has 0 unspecified atom stereocenters. The summed E-state index contributed by atoms with van der Waals surface area (Å²) in [7, 11) is 0. The van der Waals surface area contributed by atoms with Gasteiger partial charge in [-0.05, 0) is 24.3 Å². The van der Waals surface area contributed by atoms with E-state index in [0.29, 0.717) is 0 Å². The Balaban J connectivity index is 0.000000465. The predicted octanol–water partition coefficient (Wildman–Crippen LogP) is 3.23. The van der Waals surface area contributed by atoms with Gasteiger partial charge in [-0.25, -0.2) is 20.4 Å². The molecule has 0 aromatic heterocycles. The molecule has 0 aliphatic heterocycles. The largest absolute Gasteiger partial charge is 0.356 e. The predicted molar refractivity (Wildman–Crippen MR) is 73.0 cm³/mol. The zero-order valence-corrected chi connectivity index (χ0v) is 10.1. The number of rotatable bonds is 2. The van der Waals surface area contributed by atoms with Gasteiger partial charge in [-0.15, -0.1) is 0 Å². The van der Waals surface area contributed by atoms with Gasteiger partial charge < -0.3 is 5.32 Å². The molecule has 0 aliphatic rings. The van der Waals surface area contributed by atoms with Crippen molar-refractivity contribution in [3.8, 4) is 0 Å². The molecule has 3 N–H and O–H groups in total. The van der Waals surface area contributed by atoms with Crippen LogP contribution < -0.4 is 5.32 Å². The average Bonchev–Trinajstić information content (AvgIpc) is 2.43. The molecule has 2 rings (SSSR count). The Bertz CT molecular complexity index is 465. The lowest BCUT2D eigenvalue weighted by molar-refractivity contribution is 0.562. The Morgan fingerprint density at radius 1 is 0.684 bits per heavy atom. The van der Waals surface area contributed by atoms with Crippen LogP contribution in [0.25, 0.3) is 0 Å². The molecule has 0 saturated heterocycles. The summed E-state index contributed by atoms with van der Waals surface area (Å²) in [5, 5.41) is 14.1. The van der Waals surface area contributed by atoms with Gasteiger partial charge in [0.1, 0.15) is 0 Å². The Morgan fingerprint density at radius 3 is 1.21 bits per heavy atom. The molecular formula is C14H13N3O2. The van der Waals surface area contributed by atoms with Crippen LogP contribution in [0.2, 0.25) is 0 Å². The van der Waals surface area contributed by atoms with Gasteiger partial charge in [-0.2, -0.15) is 0 Å². The Morgan fingerprint density at radius 2 is 0.947 bits per heavy atom. The number of para-hydroxylation sites is 2. The summed E-state index contributed by atoms with van der Waals surface area (Å²) >= 11 is 0. The second-order valence-corrected chi connectivity index (χ2v) is 3.06. The van der Waals surface area contributed by atoms with E-state index in [1.807, 2.05) is 60.7 Å². The fourth-order valence-corrected chi connectivity index (χ4v) is 1.21. The van der Waals surface area contributed by atoms with Gasteiger partial charge in [0, 0.05) is 11.4 Å². The molecule has 0 spiro atoms. The molecular weight excluding hydrogens is 242 g/mol. The minimum Gasteiger partial charge on any atom is -0.356 e. The molecule has 5 heteroatoms.